The maximum atomic E-state index is 5.58. The van der Waals surface area contributed by atoms with Crippen molar-refractivity contribution in [2.75, 3.05) is 13.1 Å². The van der Waals surface area contributed by atoms with E-state index in [1.807, 2.05) is 12.3 Å². The van der Waals surface area contributed by atoms with Gasteiger partial charge >= 0.3 is 0 Å². The number of benzene rings is 1. The van der Waals surface area contributed by atoms with Crippen LogP contribution in [0.4, 0.5) is 0 Å². The molecule has 1 N–H and O–H groups in total. The van der Waals surface area contributed by atoms with Crippen LogP contribution in [0.25, 0.3) is 11.0 Å². The molecule has 1 fully saturated rings. The molecule has 1 atom stereocenters. The second-order valence-corrected chi connectivity index (χ2v) is 4.94. The van der Waals surface area contributed by atoms with Gasteiger partial charge in [0.25, 0.3) is 0 Å². The highest BCUT2D eigenvalue weighted by Crippen LogP contribution is 2.32. The van der Waals surface area contributed by atoms with Crippen LogP contribution in [0.3, 0.4) is 0 Å². The summed E-state index contributed by atoms with van der Waals surface area (Å²) in [6.07, 6.45) is 3.12. The molecular formula is C12H12BrNO. The van der Waals surface area contributed by atoms with Crippen molar-refractivity contribution in [3.8, 4) is 0 Å². The fourth-order valence-corrected chi connectivity index (χ4v) is 2.60. The van der Waals surface area contributed by atoms with E-state index in [-0.39, 0.29) is 0 Å². The molecule has 1 unspecified atom stereocenters. The minimum Gasteiger partial charge on any atom is -0.464 e. The van der Waals surface area contributed by atoms with Crippen LogP contribution in [-0.2, 0) is 0 Å². The van der Waals surface area contributed by atoms with Gasteiger partial charge in [-0.1, -0.05) is 15.9 Å². The SMILES string of the molecule is Brc1ccc2c(C3CCNC3)coc2c1. The highest BCUT2D eigenvalue weighted by molar-refractivity contribution is 9.10. The van der Waals surface area contributed by atoms with Gasteiger partial charge in [0.15, 0.2) is 0 Å². The molecule has 3 rings (SSSR count). The van der Waals surface area contributed by atoms with E-state index in [2.05, 4.69) is 33.4 Å². The van der Waals surface area contributed by atoms with Crippen molar-refractivity contribution in [1.82, 2.24) is 5.32 Å². The van der Waals surface area contributed by atoms with Gasteiger partial charge < -0.3 is 9.73 Å². The van der Waals surface area contributed by atoms with Crippen LogP contribution in [0.5, 0.6) is 0 Å². The second-order valence-electron chi connectivity index (χ2n) is 4.02. The predicted octanol–water partition coefficient (Wildman–Crippen LogP) is 3.27. The Morgan fingerprint density at radius 2 is 2.33 bits per heavy atom. The zero-order valence-electron chi connectivity index (χ0n) is 8.29. The van der Waals surface area contributed by atoms with E-state index < -0.39 is 0 Å². The summed E-state index contributed by atoms with van der Waals surface area (Å²) < 4.78 is 6.65. The van der Waals surface area contributed by atoms with Crippen molar-refractivity contribution in [3.05, 3.63) is 34.5 Å². The number of hydrogen-bond donors (Lipinski definition) is 1. The summed E-state index contributed by atoms with van der Waals surface area (Å²) in [7, 11) is 0. The summed E-state index contributed by atoms with van der Waals surface area (Å²) in [6, 6.07) is 6.24. The van der Waals surface area contributed by atoms with Crippen molar-refractivity contribution >= 4 is 26.9 Å². The van der Waals surface area contributed by atoms with Gasteiger partial charge in [0, 0.05) is 27.9 Å². The van der Waals surface area contributed by atoms with E-state index in [0.29, 0.717) is 5.92 Å². The molecule has 0 aliphatic carbocycles. The summed E-state index contributed by atoms with van der Waals surface area (Å²) in [5.41, 5.74) is 2.33. The number of furan rings is 1. The standard InChI is InChI=1S/C12H12BrNO/c13-9-1-2-10-11(7-15-12(10)5-9)8-3-4-14-6-8/h1-2,5,7-8,14H,3-4,6H2. The lowest BCUT2D eigenvalue weighted by Crippen LogP contribution is -2.07. The number of halogens is 1. The molecule has 1 aromatic carbocycles. The molecule has 15 heavy (non-hydrogen) atoms. The van der Waals surface area contributed by atoms with E-state index in [0.717, 1.165) is 23.1 Å². The highest BCUT2D eigenvalue weighted by atomic mass is 79.9. The van der Waals surface area contributed by atoms with Crippen LogP contribution in [-0.4, -0.2) is 13.1 Å². The molecule has 0 spiro atoms. The van der Waals surface area contributed by atoms with Crippen molar-refractivity contribution in [2.45, 2.75) is 12.3 Å². The Labute approximate surface area is 96.8 Å². The predicted molar refractivity (Wildman–Crippen MR) is 64.1 cm³/mol. The third-order valence-corrected chi connectivity index (χ3v) is 3.56. The van der Waals surface area contributed by atoms with Crippen LogP contribution >= 0.6 is 15.9 Å². The normalized spacial score (nSPS) is 21.3. The van der Waals surface area contributed by atoms with Crippen molar-refractivity contribution in [3.63, 3.8) is 0 Å². The molecule has 0 radical (unpaired) electrons. The topological polar surface area (TPSA) is 25.2 Å². The van der Waals surface area contributed by atoms with E-state index >= 15 is 0 Å². The quantitative estimate of drug-likeness (QED) is 0.856. The van der Waals surface area contributed by atoms with E-state index in [1.54, 1.807) is 0 Å². The van der Waals surface area contributed by atoms with Crippen LogP contribution in [0.15, 0.2) is 33.4 Å². The monoisotopic (exact) mass is 265 g/mol. The zero-order chi connectivity index (χ0) is 10.3. The van der Waals surface area contributed by atoms with E-state index in [1.165, 1.54) is 17.4 Å². The van der Waals surface area contributed by atoms with Gasteiger partial charge in [-0.15, -0.1) is 0 Å². The van der Waals surface area contributed by atoms with Gasteiger partial charge in [0.2, 0.25) is 0 Å². The Morgan fingerprint density at radius 3 is 3.13 bits per heavy atom. The first-order valence-electron chi connectivity index (χ1n) is 5.22. The lowest BCUT2D eigenvalue weighted by molar-refractivity contribution is 0.602. The summed E-state index contributed by atoms with van der Waals surface area (Å²) in [5, 5.41) is 4.64. The maximum absolute atomic E-state index is 5.58. The molecule has 1 aliphatic rings. The van der Waals surface area contributed by atoms with Crippen LogP contribution in [0, 0.1) is 0 Å². The molecular weight excluding hydrogens is 254 g/mol. The first kappa shape index (κ1) is 9.43. The van der Waals surface area contributed by atoms with Gasteiger partial charge in [-0.05, 0) is 31.2 Å². The Balaban J connectivity index is 2.11. The lowest BCUT2D eigenvalue weighted by Gasteiger charge is -2.04. The summed E-state index contributed by atoms with van der Waals surface area (Å²) >= 11 is 3.45. The minimum atomic E-state index is 0.618. The number of nitrogens with one attached hydrogen (secondary N) is 1. The largest absolute Gasteiger partial charge is 0.464 e. The molecule has 1 saturated heterocycles. The fourth-order valence-electron chi connectivity index (χ4n) is 2.26. The van der Waals surface area contributed by atoms with Gasteiger partial charge in [0.1, 0.15) is 5.58 Å². The van der Waals surface area contributed by atoms with Gasteiger partial charge in [0.05, 0.1) is 6.26 Å². The lowest BCUT2D eigenvalue weighted by atomic mass is 9.98. The van der Waals surface area contributed by atoms with Crippen molar-refractivity contribution < 1.29 is 4.42 Å². The maximum Gasteiger partial charge on any atom is 0.135 e. The Bertz CT molecular complexity index is 485. The number of rotatable bonds is 1. The Hall–Kier alpha value is -0.800. The van der Waals surface area contributed by atoms with Gasteiger partial charge in [-0.25, -0.2) is 0 Å². The molecule has 0 amide bonds. The molecule has 2 nitrogen and oxygen atoms in total. The number of fused-ring (bicyclic) bond motifs is 1. The Morgan fingerprint density at radius 1 is 1.40 bits per heavy atom. The van der Waals surface area contributed by atoms with Gasteiger partial charge in [-0.2, -0.15) is 0 Å². The first-order valence-corrected chi connectivity index (χ1v) is 6.01. The third kappa shape index (κ3) is 1.60. The molecule has 0 bridgehead atoms. The molecule has 1 aliphatic heterocycles. The highest BCUT2D eigenvalue weighted by Gasteiger charge is 2.20. The number of hydrogen-bond acceptors (Lipinski definition) is 2. The molecule has 2 heterocycles. The average molecular weight is 266 g/mol. The Kier molecular flexibility index (Phi) is 2.29. The van der Waals surface area contributed by atoms with Crippen molar-refractivity contribution in [2.24, 2.45) is 0 Å². The smallest absolute Gasteiger partial charge is 0.135 e. The first-order chi connectivity index (χ1) is 7.34. The summed E-state index contributed by atoms with van der Waals surface area (Å²) in [4.78, 5) is 0. The van der Waals surface area contributed by atoms with E-state index in [9.17, 15) is 0 Å². The van der Waals surface area contributed by atoms with Crippen LogP contribution in [0.1, 0.15) is 17.9 Å². The summed E-state index contributed by atoms with van der Waals surface area (Å²) in [6.45, 7) is 2.19. The molecule has 3 heteroatoms. The van der Waals surface area contributed by atoms with E-state index in [4.69, 9.17) is 4.42 Å². The third-order valence-electron chi connectivity index (χ3n) is 3.07. The molecule has 2 aromatic rings. The molecule has 1 aromatic heterocycles. The molecule has 0 saturated carbocycles. The van der Waals surface area contributed by atoms with Crippen LogP contribution in [0.2, 0.25) is 0 Å². The van der Waals surface area contributed by atoms with Gasteiger partial charge in [-0.3, -0.25) is 0 Å². The zero-order valence-corrected chi connectivity index (χ0v) is 9.88. The minimum absolute atomic E-state index is 0.618. The van der Waals surface area contributed by atoms with Crippen molar-refractivity contribution in [1.29, 1.82) is 0 Å². The average Bonchev–Trinajstić information content (AvgIpc) is 2.82. The molecule has 78 valence electrons. The fraction of sp³-hybridized carbons (Fsp3) is 0.333. The van der Waals surface area contributed by atoms with Crippen LogP contribution < -0.4 is 5.32 Å². The summed E-state index contributed by atoms with van der Waals surface area (Å²) in [5.74, 6) is 0.618. The second kappa shape index (κ2) is 3.65.